The van der Waals surface area contributed by atoms with E-state index >= 15 is 0 Å². The molecule has 2 aromatic carbocycles. The Kier molecular flexibility index (Phi) is 7.78. The molecule has 0 fully saturated rings. The molecule has 0 bridgehead atoms. The van der Waals surface area contributed by atoms with Crippen LogP contribution in [0.5, 0.6) is 0 Å². The smallest absolute Gasteiger partial charge is 0.306 e. The highest BCUT2D eigenvalue weighted by molar-refractivity contribution is 6.30. The van der Waals surface area contributed by atoms with Crippen LogP contribution in [0.15, 0.2) is 53.3 Å². The predicted molar refractivity (Wildman–Crippen MR) is 120 cm³/mol. The number of nitrogens with one attached hydrogen (secondary N) is 1. The molecule has 0 saturated carbocycles. The molecule has 0 radical (unpaired) electrons. The van der Waals surface area contributed by atoms with E-state index in [1.54, 1.807) is 28.8 Å². The fraction of sp³-hybridized carbons (Fsp3) is 0.304. The van der Waals surface area contributed by atoms with Crippen LogP contribution in [0.1, 0.15) is 31.9 Å². The standard InChI is InChI=1S/C23H24ClN3O4/c1-2-3-14-27-20-7-5-4-6-18(20)26-19(23(27)30)12-13-22(29)31-15-21(28)25-17-10-8-16(24)9-11-17/h4-11H,2-3,12-15H2,1H3,(H,25,28). The lowest BCUT2D eigenvalue weighted by Gasteiger charge is -2.12. The van der Waals surface area contributed by atoms with Crippen LogP contribution in [0.4, 0.5) is 5.69 Å². The molecule has 0 aliphatic rings. The number of carbonyl (C=O) groups excluding carboxylic acids is 2. The minimum absolute atomic E-state index is 0.0391. The number of fused-ring (bicyclic) bond motifs is 1. The third kappa shape index (κ3) is 6.15. The van der Waals surface area contributed by atoms with E-state index in [9.17, 15) is 14.4 Å². The zero-order valence-corrected chi connectivity index (χ0v) is 18.0. The van der Waals surface area contributed by atoms with Gasteiger partial charge in [0.05, 0.1) is 17.5 Å². The highest BCUT2D eigenvalue weighted by Gasteiger charge is 2.14. The average Bonchev–Trinajstić information content (AvgIpc) is 2.77. The topological polar surface area (TPSA) is 90.3 Å². The Bertz CT molecular complexity index is 1130. The first kappa shape index (κ1) is 22.5. The van der Waals surface area contributed by atoms with E-state index in [1.165, 1.54) is 0 Å². The number of esters is 1. The Hall–Kier alpha value is -3.19. The summed E-state index contributed by atoms with van der Waals surface area (Å²) in [5.74, 6) is -1.03. The maximum Gasteiger partial charge on any atom is 0.306 e. The lowest BCUT2D eigenvalue weighted by atomic mass is 10.2. The highest BCUT2D eigenvalue weighted by Crippen LogP contribution is 2.14. The molecule has 1 N–H and O–H groups in total. The maximum atomic E-state index is 12.9. The molecule has 0 aliphatic carbocycles. The fourth-order valence-electron chi connectivity index (χ4n) is 3.12. The summed E-state index contributed by atoms with van der Waals surface area (Å²) in [7, 11) is 0. The summed E-state index contributed by atoms with van der Waals surface area (Å²) in [6.45, 7) is 2.25. The highest BCUT2D eigenvalue weighted by atomic mass is 35.5. The van der Waals surface area contributed by atoms with Gasteiger partial charge in [-0.3, -0.25) is 14.4 Å². The van der Waals surface area contributed by atoms with Crippen LogP contribution in [-0.4, -0.2) is 28.0 Å². The van der Waals surface area contributed by atoms with Gasteiger partial charge >= 0.3 is 5.97 Å². The van der Waals surface area contributed by atoms with Crippen LogP contribution in [0, 0.1) is 0 Å². The minimum atomic E-state index is -0.569. The van der Waals surface area contributed by atoms with Crippen molar-refractivity contribution in [3.8, 4) is 0 Å². The number of unbranched alkanes of at least 4 members (excludes halogenated alkanes) is 1. The molecular formula is C23H24ClN3O4. The molecule has 1 aromatic heterocycles. The van der Waals surface area contributed by atoms with Crippen LogP contribution in [-0.2, 0) is 27.3 Å². The van der Waals surface area contributed by atoms with Gasteiger partial charge in [-0.25, -0.2) is 4.98 Å². The fourth-order valence-corrected chi connectivity index (χ4v) is 3.24. The summed E-state index contributed by atoms with van der Waals surface area (Å²) in [6, 6.07) is 14.0. The molecule has 31 heavy (non-hydrogen) atoms. The maximum absolute atomic E-state index is 12.9. The number of rotatable bonds is 9. The summed E-state index contributed by atoms with van der Waals surface area (Å²) in [5.41, 5.74) is 2.17. The van der Waals surface area contributed by atoms with Gasteiger partial charge in [-0.1, -0.05) is 37.1 Å². The summed E-state index contributed by atoms with van der Waals surface area (Å²) in [5, 5.41) is 3.17. The number of hydrogen-bond donors (Lipinski definition) is 1. The molecule has 0 atom stereocenters. The van der Waals surface area contributed by atoms with E-state index in [0.717, 1.165) is 18.4 Å². The number of amides is 1. The van der Waals surface area contributed by atoms with Gasteiger partial charge < -0.3 is 14.6 Å². The Morgan fingerprint density at radius 3 is 2.61 bits per heavy atom. The van der Waals surface area contributed by atoms with Gasteiger partial charge in [0, 0.05) is 23.7 Å². The van der Waals surface area contributed by atoms with Gasteiger partial charge in [0.25, 0.3) is 11.5 Å². The third-order valence-electron chi connectivity index (χ3n) is 4.71. The Balaban J connectivity index is 1.59. The van der Waals surface area contributed by atoms with Crippen LogP contribution < -0.4 is 10.9 Å². The predicted octanol–water partition coefficient (Wildman–Crippen LogP) is 3.96. The van der Waals surface area contributed by atoms with Gasteiger partial charge in [0.15, 0.2) is 6.61 Å². The van der Waals surface area contributed by atoms with Crippen molar-refractivity contribution in [2.45, 2.75) is 39.2 Å². The van der Waals surface area contributed by atoms with Gasteiger partial charge in [-0.2, -0.15) is 0 Å². The second kappa shape index (κ2) is 10.7. The molecule has 8 heteroatoms. The zero-order chi connectivity index (χ0) is 22.2. The Morgan fingerprint density at radius 2 is 1.87 bits per heavy atom. The van der Waals surface area contributed by atoms with Crippen molar-refractivity contribution in [3.05, 3.63) is 69.6 Å². The number of aryl methyl sites for hydroxylation is 2. The first-order chi connectivity index (χ1) is 15.0. The number of halogens is 1. The van der Waals surface area contributed by atoms with Crippen molar-refractivity contribution in [2.24, 2.45) is 0 Å². The molecular weight excluding hydrogens is 418 g/mol. The summed E-state index contributed by atoms with van der Waals surface area (Å²) >= 11 is 5.80. The number of aromatic nitrogens is 2. The van der Waals surface area contributed by atoms with E-state index in [0.29, 0.717) is 28.5 Å². The van der Waals surface area contributed by atoms with Crippen molar-refractivity contribution >= 4 is 40.2 Å². The SMILES string of the molecule is CCCCn1c(=O)c(CCC(=O)OCC(=O)Nc2ccc(Cl)cc2)nc2ccccc21. The molecule has 7 nitrogen and oxygen atoms in total. The van der Waals surface area contributed by atoms with Crippen LogP contribution in [0.2, 0.25) is 5.02 Å². The molecule has 0 saturated heterocycles. The number of para-hydroxylation sites is 2. The van der Waals surface area contributed by atoms with E-state index in [1.807, 2.05) is 24.3 Å². The van der Waals surface area contributed by atoms with Crippen molar-refractivity contribution in [3.63, 3.8) is 0 Å². The van der Waals surface area contributed by atoms with Gasteiger partial charge in [-0.15, -0.1) is 0 Å². The first-order valence-corrected chi connectivity index (χ1v) is 10.5. The van der Waals surface area contributed by atoms with E-state index < -0.39 is 18.5 Å². The quantitative estimate of drug-likeness (QED) is 0.507. The van der Waals surface area contributed by atoms with Crippen molar-refractivity contribution in [2.75, 3.05) is 11.9 Å². The van der Waals surface area contributed by atoms with Gasteiger partial charge in [0.2, 0.25) is 0 Å². The van der Waals surface area contributed by atoms with E-state index in [2.05, 4.69) is 17.2 Å². The second-order valence-corrected chi connectivity index (χ2v) is 7.51. The van der Waals surface area contributed by atoms with Crippen molar-refractivity contribution in [1.29, 1.82) is 0 Å². The van der Waals surface area contributed by atoms with Gasteiger partial charge in [-0.05, 0) is 42.8 Å². The normalized spacial score (nSPS) is 10.8. The monoisotopic (exact) mass is 441 g/mol. The molecule has 162 valence electrons. The van der Waals surface area contributed by atoms with E-state index in [4.69, 9.17) is 16.3 Å². The van der Waals surface area contributed by atoms with Crippen molar-refractivity contribution in [1.82, 2.24) is 9.55 Å². The molecule has 3 aromatic rings. The summed E-state index contributed by atoms with van der Waals surface area (Å²) < 4.78 is 6.74. The van der Waals surface area contributed by atoms with Crippen molar-refractivity contribution < 1.29 is 14.3 Å². The Labute approximate surface area is 185 Å². The van der Waals surface area contributed by atoms with Crippen LogP contribution in [0.3, 0.4) is 0 Å². The number of nitrogens with zero attached hydrogens (tertiary/aromatic N) is 2. The number of ether oxygens (including phenoxy) is 1. The molecule has 1 heterocycles. The molecule has 0 spiro atoms. The lowest BCUT2D eigenvalue weighted by Crippen LogP contribution is -2.27. The number of anilines is 1. The summed E-state index contributed by atoms with van der Waals surface area (Å²) in [4.78, 5) is 41.3. The molecule has 0 unspecified atom stereocenters. The molecule has 3 rings (SSSR count). The largest absolute Gasteiger partial charge is 0.456 e. The average molecular weight is 442 g/mol. The Morgan fingerprint density at radius 1 is 1.13 bits per heavy atom. The lowest BCUT2D eigenvalue weighted by molar-refractivity contribution is -0.147. The third-order valence-corrected chi connectivity index (χ3v) is 4.97. The van der Waals surface area contributed by atoms with Crippen LogP contribution in [0.25, 0.3) is 11.0 Å². The first-order valence-electron chi connectivity index (χ1n) is 10.2. The van der Waals surface area contributed by atoms with Gasteiger partial charge in [0.1, 0.15) is 5.69 Å². The number of carbonyl (C=O) groups is 2. The molecule has 0 aliphatic heterocycles. The minimum Gasteiger partial charge on any atom is -0.456 e. The molecule has 1 amide bonds. The van der Waals surface area contributed by atoms with Crippen LogP contribution >= 0.6 is 11.6 Å². The van der Waals surface area contributed by atoms with E-state index in [-0.39, 0.29) is 18.4 Å². The second-order valence-electron chi connectivity index (χ2n) is 7.07. The summed E-state index contributed by atoms with van der Waals surface area (Å²) in [6.07, 6.45) is 1.94. The number of benzene rings is 2. The number of hydrogen-bond acceptors (Lipinski definition) is 5. The zero-order valence-electron chi connectivity index (χ0n) is 17.3.